The van der Waals surface area contributed by atoms with Crippen molar-refractivity contribution in [3.05, 3.63) is 30.3 Å². The predicted octanol–water partition coefficient (Wildman–Crippen LogP) is 2.36. The van der Waals surface area contributed by atoms with Crippen LogP contribution in [0.4, 0.5) is 0 Å². The van der Waals surface area contributed by atoms with E-state index in [0.717, 1.165) is 17.1 Å². The minimum atomic E-state index is -0.833. The number of rotatable bonds is 3. The van der Waals surface area contributed by atoms with Gasteiger partial charge in [-0.25, -0.2) is 0 Å². The van der Waals surface area contributed by atoms with Gasteiger partial charge in [-0.2, -0.15) is 0 Å². The molecular weight excluding hydrogens is 220 g/mol. The second-order valence-corrected chi connectivity index (χ2v) is 6.21. The third-order valence-electron chi connectivity index (χ3n) is 3.51. The fourth-order valence-corrected chi connectivity index (χ4v) is 3.90. The molecule has 1 heterocycles. The summed E-state index contributed by atoms with van der Waals surface area (Å²) in [6, 6.07) is 9.77. The average molecular weight is 236 g/mol. The second-order valence-electron chi connectivity index (χ2n) is 4.72. The molecule has 1 aliphatic carbocycles. The van der Waals surface area contributed by atoms with Crippen molar-refractivity contribution in [1.29, 1.82) is 0 Å². The van der Waals surface area contributed by atoms with Crippen LogP contribution in [0.2, 0.25) is 0 Å². The quantitative estimate of drug-likeness (QED) is 0.754. The monoisotopic (exact) mass is 236 g/mol. The molecule has 0 spiro atoms. The Hall–Kier alpha value is -0.670. The van der Waals surface area contributed by atoms with Crippen LogP contribution in [-0.4, -0.2) is 22.2 Å². The summed E-state index contributed by atoms with van der Waals surface area (Å²) in [6.45, 7) is 0. The van der Waals surface area contributed by atoms with Crippen molar-refractivity contribution in [2.45, 2.75) is 36.4 Å². The van der Waals surface area contributed by atoms with Crippen molar-refractivity contribution < 1.29 is 8.95 Å². The Balaban J connectivity index is 1.60. The van der Waals surface area contributed by atoms with Gasteiger partial charge < -0.3 is 4.74 Å². The van der Waals surface area contributed by atoms with Crippen molar-refractivity contribution >= 4 is 10.8 Å². The largest absolute Gasteiger partial charge is 0.370 e. The molecule has 1 aromatic rings. The minimum absolute atomic E-state index is 0.492. The molecule has 1 aliphatic heterocycles. The van der Waals surface area contributed by atoms with Crippen LogP contribution in [0.1, 0.15) is 19.3 Å². The topological polar surface area (TPSA) is 29.6 Å². The molecule has 0 amide bonds. The van der Waals surface area contributed by atoms with E-state index in [4.69, 9.17) is 4.74 Å². The number of epoxide rings is 1. The van der Waals surface area contributed by atoms with E-state index >= 15 is 0 Å². The standard InChI is InChI=1S/C13H16O2S/c14-16(11-4-2-1-3-5-11)9-10-6-7-12-13(8-10)15-12/h1-5,10,12-13H,6-9H2/t10-,12?,13?,16?/m0/s1. The maximum absolute atomic E-state index is 12.1. The summed E-state index contributed by atoms with van der Waals surface area (Å²) < 4.78 is 17.6. The van der Waals surface area contributed by atoms with E-state index in [1.807, 2.05) is 30.3 Å². The highest BCUT2D eigenvalue weighted by Crippen LogP contribution is 2.39. The molecule has 3 unspecified atom stereocenters. The number of fused-ring (bicyclic) bond motifs is 1. The number of hydrogen-bond acceptors (Lipinski definition) is 2. The highest BCUT2D eigenvalue weighted by Gasteiger charge is 2.43. The molecule has 3 heteroatoms. The summed E-state index contributed by atoms with van der Waals surface area (Å²) in [7, 11) is -0.833. The lowest BCUT2D eigenvalue weighted by molar-refractivity contribution is 0.367. The molecule has 1 saturated heterocycles. The van der Waals surface area contributed by atoms with Crippen molar-refractivity contribution in [3.63, 3.8) is 0 Å². The van der Waals surface area contributed by atoms with Crippen molar-refractivity contribution in [2.24, 2.45) is 5.92 Å². The van der Waals surface area contributed by atoms with Crippen LogP contribution in [0.3, 0.4) is 0 Å². The fourth-order valence-electron chi connectivity index (χ4n) is 2.52. The highest BCUT2D eigenvalue weighted by molar-refractivity contribution is 7.85. The van der Waals surface area contributed by atoms with E-state index in [1.165, 1.54) is 12.8 Å². The van der Waals surface area contributed by atoms with Crippen LogP contribution in [0.5, 0.6) is 0 Å². The first-order valence-electron chi connectivity index (χ1n) is 5.92. The van der Waals surface area contributed by atoms with Crippen LogP contribution in [0, 0.1) is 5.92 Å². The van der Waals surface area contributed by atoms with E-state index in [0.29, 0.717) is 18.1 Å². The predicted molar refractivity (Wildman–Crippen MR) is 63.7 cm³/mol. The van der Waals surface area contributed by atoms with Crippen molar-refractivity contribution in [1.82, 2.24) is 0 Å². The minimum Gasteiger partial charge on any atom is -0.370 e. The average Bonchev–Trinajstić information content (AvgIpc) is 3.08. The van der Waals surface area contributed by atoms with Crippen LogP contribution < -0.4 is 0 Å². The Bertz CT molecular complexity index is 390. The Morgan fingerprint density at radius 2 is 2.00 bits per heavy atom. The lowest BCUT2D eigenvalue weighted by atomic mass is 9.91. The van der Waals surface area contributed by atoms with Gasteiger partial charge in [0.2, 0.25) is 0 Å². The smallest absolute Gasteiger partial charge is 0.0844 e. The number of ether oxygens (including phenoxy) is 1. The van der Waals surface area contributed by atoms with Crippen molar-refractivity contribution in [3.8, 4) is 0 Å². The molecule has 2 nitrogen and oxygen atoms in total. The molecule has 1 aromatic carbocycles. The van der Waals surface area contributed by atoms with E-state index in [9.17, 15) is 4.21 Å². The second kappa shape index (κ2) is 4.30. The Morgan fingerprint density at radius 1 is 1.19 bits per heavy atom. The van der Waals surface area contributed by atoms with Gasteiger partial charge in [0, 0.05) is 10.6 Å². The van der Waals surface area contributed by atoms with Gasteiger partial charge in [0.05, 0.1) is 23.0 Å². The normalized spacial score (nSPS) is 34.1. The molecule has 0 radical (unpaired) electrons. The number of benzene rings is 1. The van der Waals surface area contributed by atoms with Gasteiger partial charge in [-0.1, -0.05) is 18.2 Å². The Labute approximate surface area is 98.5 Å². The summed E-state index contributed by atoms with van der Waals surface area (Å²) in [6.07, 6.45) is 4.50. The Morgan fingerprint density at radius 3 is 2.75 bits per heavy atom. The van der Waals surface area contributed by atoms with E-state index in [1.54, 1.807) is 0 Å². The molecule has 0 bridgehead atoms. The molecule has 2 fully saturated rings. The zero-order valence-corrected chi connectivity index (χ0v) is 9.99. The molecule has 86 valence electrons. The molecule has 16 heavy (non-hydrogen) atoms. The molecular formula is C13H16O2S. The molecule has 4 atom stereocenters. The SMILES string of the molecule is O=S(C[C@H]1CCC2OC2C1)c1ccccc1. The Kier molecular flexibility index (Phi) is 2.82. The van der Waals surface area contributed by atoms with Crippen LogP contribution >= 0.6 is 0 Å². The van der Waals surface area contributed by atoms with Gasteiger partial charge in [0.1, 0.15) is 0 Å². The van der Waals surface area contributed by atoms with E-state index in [2.05, 4.69) is 0 Å². The summed E-state index contributed by atoms with van der Waals surface area (Å²) >= 11 is 0. The molecule has 3 rings (SSSR count). The maximum atomic E-state index is 12.1. The highest BCUT2D eigenvalue weighted by atomic mass is 32.2. The van der Waals surface area contributed by atoms with Gasteiger partial charge in [-0.05, 0) is 37.3 Å². The van der Waals surface area contributed by atoms with Gasteiger partial charge in [0.25, 0.3) is 0 Å². The zero-order chi connectivity index (χ0) is 11.0. The van der Waals surface area contributed by atoms with Gasteiger partial charge >= 0.3 is 0 Å². The molecule has 1 saturated carbocycles. The summed E-state index contributed by atoms with van der Waals surface area (Å²) in [5.41, 5.74) is 0. The first-order valence-corrected chi connectivity index (χ1v) is 7.24. The van der Waals surface area contributed by atoms with Gasteiger partial charge in [-0.15, -0.1) is 0 Å². The third-order valence-corrected chi connectivity index (χ3v) is 5.08. The maximum Gasteiger partial charge on any atom is 0.0844 e. The number of hydrogen-bond donors (Lipinski definition) is 0. The van der Waals surface area contributed by atoms with E-state index < -0.39 is 10.8 Å². The summed E-state index contributed by atoms with van der Waals surface area (Å²) in [5.74, 6) is 1.39. The first kappa shape index (κ1) is 10.5. The lowest BCUT2D eigenvalue weighted by Gasteiger charge is -2.18. The summed E-state index contributed by atoms with van der Waals surface area (Å²) in [5, 5.41) is 0. The molecule has 0 aromatic heterocycles. The van der Waals surface area contributed by atoms with Crippen LogP contribution in [-0.2, 0) is 15.5 Å². The molecule has 2 aliphatic rings. The van der Waals surface area contributed by atoms with Gasteiger partial charge in [-0.3, -0.25) is 4.21 Å². The fraction of sp³-hybridized carbons (Fsp3) is 0.538. The van der Waals surface area contributed by atoms with E-state index in [-0.39, 0.29) is 0 Å². The van der Waals surface area contributed by atoms with Crippen LogP contribution in [0.15, 0.2) is 35.2 Å². The molecule has 0 N–H and O–H groups in total. The van der Waals surface area contributed by atoms with Crippen LogP contribution in [0.25, 0.3) is 0 Å². The zero-order valence-electron chi connectivity index (χ0n) is 9.17. The van der Waals surface area contributed by atoms with Gasteiger partial charge in [0.15, 0.2) is 0 Å². The van der Waals surface area contributed by atoms with Crippen molar-refractivity contribution in [2.75, 3.05) is 5.75 Å². The third kappa shape index (κ3) is 2.20. The first-order chi connectivity index (χ1) is 7.83. The summed E-state index contributed by atoms with van der Waals surface area (Å²) in [4.78, 5) is 0.960. The lowest BCUT2D eigenvalue weighted by Crippen LogP contribution is -2.19.